The average Bonchev–Trinajstić information content (AvgIpc) is 1.88. The molecule has 0 rings (SSSR count). The molecular formula is C8H14O2. The zero-order valence-corrected chi connectivity index (χ0v) is 6.59. The van der Waals surface area contributed by atoms with Gasteiger partial charge in [0, 0.05) is 6.42 Å². The van der Waals surface area contributed by atoms with Gasteiger partial charge >= 0.3 is 5.97 Å². The second kappa shape index (κ2) is 5.27. The molecule has 0 aliphatic carbocycles. The quantitative estimate of drug-likeness (QED) is 0.561. The van der Waals surface area contributed by atoms with E-state index >= 15 is 0 Å². The van der Waals surface area contributed by atoms with Crippen LogP contribution in [0.5, 0.6) is 0 Å². The lowest BCUT2D eigenvalue weighted by molar-refractivity contribution is -0.139. The molecule has 0 aromatic heterocycles. The van der Waals surface area contributed by atoms with Crippen LogP contribution >= 0.6 is 0 Å². The van der Waals surface area contributed by atoms with Crippen LogP contribution in [0.1, 0.15) is 33.1 Å². The van der Waals surface area contributed by atoms with Crippen LogP contribution in [0.2, 0.25) is 0 Å². The maximum absolute atomic E-state index is 10.5. The van der Waals surface area contributed by atoms with Gasteiger partial charge in [0.15, 0.2) is 7.11 Å². The predicted octanol–water partition coefficient (Wildman–Crippen LogP) is 2.02. The topological polar surface area (TPSA) is 26.3 Å². The summed E-state index contributed by atoms with van der Waals surface area (Å²) >= 11 is 0. The fourth-order valence-corrected chi connectivity index (χ4v) is 0.927. The van der Waals surface area contributed by atoms with Crippen molar-refractivity contribution in [3.05, 3.63) is 7.11 Å². The van der Waals surface area contributed by atoms with E-state index in [2.05, 4.69) is 18.8 Å². The summed E-state index contributed by atoms with van der Waals surface area (Å²) in [5.41, 5.74) is 0. The fourth-order valence-electron chi connectivity index (χ4n) is 0.927. The standard InChI is InChI=1S/C8H14O2/c1-4-5-7(2)6-8(9)10-3/h3,7H,4-6H2,1-2H3. The number of carbonyl (C=O) groups excluding carboxylic acids is 1. The number of hydrogen-bond acceptors (Lipinski definition) is 2. The molecule has 0 aromatic rings. The first-order chi connectivity index (χ1) is 4.70. The monoisotopic (exact) mass is 142 g/mol. The Morgan fingerprint density at radius 2 is 2.30 bits per heavy atom. The van der Waals surface area contributed by atoms with Gasteiger partial charge in [-0.2, -0.15) is 0 Å². The number of ether oxygens (including phenoxy) is 1. The Labute approximate surface area is 62.6 Å². The van der Waals surface area contributed by atoms with Gasteiger partial charge in [0.25, 0.3) is 0 Å². The van der Waals surface area contributed by atoms with Crippen molar-refractivity contribution < 1.29 is 9.53 Å². The summed E-state index contributed by atoms with van der Waals surface area (Å²) in [7, 11) is 4.67. The highest BCUT2D eigenvalue weighted by atomic mass is 16.5. The Kier molecular flexibility index (Phi) is 4.99. The van der Waals surface area contributed by atoms with Crippen molar-refractivity contribution in [2.45, 2.75) is 33.1 Å². The minimum absolute atomic E-state index is 0.319. The third-order valence-corrected chi connectivity index (χ3v) is 1.43. The normalized spacial score (nSPS) is 12.7. The first-order valence-electron chi connectivity index (χ1n) is 3.60. The molecule has 0 aromatic carbocycles. The molecule has 0 fully saturated rings. The van der Waals surface area contributed by atoms with Gasteiger partial charge in [0.1, 0.15) is 0 Å². The molecule has 0 amide bonds. The van der Waals surface area contributed by atoms with E-state index in [0.717, 1.165) is 12.8 Å². The van der Waals surface area contributed by atoms with E-state index in [0.29, 0.717) is 12.3 Å². The van der Waals surface area contributed by atoms with E-state index in [-0.39, 0.29) is 5.97 Å². The van der Waals surface area contributed by atoms with Crippen LogP contribution in [0, 0.1) is 13.0 Å². The summed E-state index contributed by atoms with van der Waals surface area (Å²) in [4.78, 5) is 10.5. The molecule has 2 nitrogen and oxygen atoms in total. The van der Waals surface area contributed by atoms with Crippen molar-refractivity contribution in [2.75, 3.05) is 0 Å². The van der Waals surface area contributed by atoms with Crippen LogP contribution in [0.4, 0.5) is 0 Å². The molecule has 0 saturated heterocycles. The zero-order chi connectivity index (χ0) is 7.98. The van der Waals surface area contributed by atoms with Crippen LogP contribution in [0.25, 0.3) is 0 Å². The zero-order valence-electron chi connectivity index (χ0n) is 6.59. The summed E-state index contributed by atoms with van der Waals surface area (Å²) in [6, 6.07) is 0. The van der Waals surface area contributed by atoms with Gasteiger partial charge in [-0.25, -0.2) is 0 Å². The Bertz CT molecular complexity index is 99.4. The summed E-state index contributed by atoms with van der Waals surface area (Å²) in [5, 5.41) is 0. The predicted molar refractivity (Wildman–Crippen MR) is 39.1 cm³/mol. The van der Waals surface area contributed by atoms with E-state index in [1.165, 1.54) is 0 Å². The van der Waals surface area contributed by atoms with Crippen molar-refractivity contribution in [1.29, 1.82) is 0 Å². The Morgan fingerprint density at radius 1 is 1.70 bits per heavy atom. The summed E-state index contributed by atoms with van der Waals surface area (Å²) in [6.45, 7) is 4.10. The molecule has 0 spiro atoms. The summed E-state index contributed by atoms with van der Waals surface area (Å²) in [5.74, 6) is 0.0713. The van der Waals surface area contributed by atoms with Gasteiger partial charge in [-0.1, -0.05) is 26.7 Å². The van der Waals surface area contributed by atoms with Crippen LogP contribution in [-0.4, -0.2) is 5.97 Å². The van der Waals surface area contributed by atoms with Gasteiger partial charge in [-0.3, -0.25) is 4.79 Å². The lowest BCUT2D eigenvalue weighted by Gasteiger charge is -2.06. The highest BCUT2D eigenvalue weighted by Crippen LogP contribution is 2.09. The average molecular weight is 142 g/mol. The smallest absolute Gasteiger partial charge is 0.306 e. The van der Waals surface area contributed by atoms with Crippen molar-refractivity contribution >= 4 is 5.97 Å². The van der Waals surface area contributed by atoms with E-state index < -0.39 is 0 Å². The molecule has 2 heteroatoms. The number of rotatable bonds is 4. The van der Waals surface area contributed by atoms with Crippen LogP contribution < -0.4 is 0 Å². The summed E-state index contributed by atoms with van der Waals surface area (Å²) in [6.07, 6.45) is 2.58. The van der Waals surface area contributed by atoms with Gasteiger partial charge in [0.2, 0.25) is 0 Å². The van der Waals surface area contributed by atoms with Crippen LogP contribution in [0.3, 0.4) is 0 Å². The second-order valence-corrected chi connectivity index (χ2v) is 2.59. The molecule has 0 bridgehead atoms. The maximum atomic E-state index is 10.5. The van der Waals surface area contributed by atoms with Crippen molar-refractivity contribution in [3.8, 4) is 0 Å². The van der Waals surface area contributed by atoms with Crippen molar-refractivity contribution in [1.82, 2.24) is 0 Å². The van der Waals surface area contributed by atoms with Crippen LogP contribution in [0.15, 0.2) is 0 Å². The maximum Gasteiger partial charge on any atom is 0.306 e. The molecule has 0 saturated carbocycles. The summed E-state index contributed by atoms with van der Waals surface area (Å²) < 4.78 is 4.03. The SMILES string of the molecule is [CH]OC(=O)CC(C)CCC. The van der Waals surface area contributed by atoms with Crippen molar-refractivity contribution in [3.63, 3.8) is 0 Å². The molecular weight excluding hydrogens is 128 g/mol. The Hall–Kier alpha value is -0.530. The number of carbonyl (C=O) groups is 1. The number of esters is 1. The van der Waals surface area contributed by atoms with Crippen molar-refractivity contribution in [2.24, 2.45) is 5.92 Å². The van der Waals surface area contributed by atoms with E-state index in [4.69, 9.17) is 0 Å². The molecule has 0 N–H and O–H groups in total. The third-order valence-electron chi connectivity index (χ3n) is 1.43. The minimum Gasteiger partial charge on any atom is -0.454 e. The van der Waals surface area contributed by atoms with Gasteiger partial charge in [-0.15, -0.1) is 0 Å². The number of hydrogen-bond donors (Lipinski definition) is 0. The van der Waals surface area contributed by atoms with Gasteiger partial charge in [0.05, 0.1) is 0 Å². The lowest BCUT2D eigenvalue weighted by atomic mass is 10.0. The molecule has 0 aliphatic heterocycles. The third kappa shape index (κ3) is 4.36. The molecule has 58 valence electrons. The van der Waals surface area contributed by atoms with Gasteiger partial charge < -0.3 is 4.74 Å². The molecule has 1 unspecified atom stereocenters. The molecule has 1 atom stereocenters. The molecule has 2 radical (unpaired) electrons. The second-order valence-electron chi connectivity index (χ2n) is 2.59. The lowest BCUT2D eigenvalue weighted by Crippen LogP contribution is -2.05. The first kappa shape index (κ1) is 9.47. The molecule has 0 heterocycles. The molecule has 0 aliphatic rings. The largest absolute Gasteiger partial charge is 0.454 e. The first-order valence-corrected chi connectivity index (χ1v) is 3.60. The van der Waals surface area contributed by atoms with E-state index in [1.807, 2.05) is 6.92 Å². The molecule has 10 heavy (non-hydrogen) atoms. The minimum atomic E-state index is -0.319. The van der Waals surface area contributed by atoms with E-state index in [9.17, 15) is 4.79 Å². The highest BCUT2D eigenvalue weighted by molar-refractivity contribution is 5.69. The van der Waals surface area contributed by atoms with Gasteiger partial charge in [-0.05, 0) is 5.92 Å². The Morgan fingerprint density at radius 3 is 2.70 bits per heavy atom. The van der Waals surface area contributed by atoms with E-state index in [1.54, 1.807) is 0 Å². The van der Waals surface area contributed by atoms with Crippen LogP contribution in [-0.2, 0) is 9.53 Å². The fraction of sp³-hybridized carbons (Fsp3) is 0.750. The highest BCUT2D eigenvalue weighted by Gasteiger charge is 2.07. The Balaban J connectivity index is 3.37.